The molecule has 0 aliphatic carbocycles. The van der Waals surface area contributed by atoms with Gasteiger partial charge in [0.1, 0.15) is 17.0 Å². The number of ether oxygens (including phenoxy) is 1. The van der Waals surface area contributed by atoms with Crippen molar-refractivity contribution in [2.45, 2.75) is 43.6 Å². The number of carbonyl (C=O) groups excluding carboxylic acids is 1. The van der Waals surface area contributed by atoms with Crippen LogP contribution in [0, 0.1) is 24.0 Å². The van der Waals surface area contributed by atoms with Gasteiger partial charge in [-0.1, -0.05) is 0 Å². The fourth-order valence-electron chi connectivity index (χ4n) is 4.28. The molecule has 0 unspecified atom stereocenters. The first-order valence-electron chi connectivity index (χ1n) is 9.89. The summed E-state index contributed by atoms with van der Waals surface area (Å²) in [5.41, 5.74) is 2.05. The number of ketones is 1. The Hall–Kier alpha value is -2.98. The zero-order valence-electron chi connectivity index (χ0n) is 17.3. The molecule has 2 N–H and O–H groups in total. The number of benzene rings is 2. The van der Waals surface area contributed by atoms with Crippen molar-refractivity contribution >= 4 is 27.2 Å². The van der Waals surface area contributed by atoms with E-state index in [-0.39, 0.29) is 22.8 Å². The van der Waals surface area contributed by atoms with Crippen molar-refractivity contribution in [1.82, 2.24) is 0 Å². The van der Waals surface area contributed by atoms with Crippen molar-refractivity contribution in [3.63, 3.8) is 0 Å². The molecule has 10 heteroatoms. The second-order valence-corrected chi connectivity index (χ2v) is 9.82. The van der Waals surface area contributed by atoms with Gasteiger partial charge in [0, 0.05) is 32.0 Å². The summed E-state index contributed by atoms with van der Waals surface area (Å²) in [4.78, 5) is 25.2. The van der Waals surface area contributed by atoms with Gasteiger partial charge >= 0.3 is 0 Å². The lowest BCUT2D eigenvalue weighted by atomic mass is 9.81. The molecule has 164 valence electrons. The Morgan fingerprint density at radius 3 is 2.39 bits per heavy atom. The number of piperidine rings is 1. The standard InChI is InChI=1S/C21H23N3O6S/c1-13-9-16-19(25)12-21(30-20(16)10-14(13)2)5-7-23(8-6-21)17-4-3-15(31(22,28)29)11-18(17)24(26)27/h3-4,9-11H,5-8,12H2,1-2H3,(H2,22,28,29). The average Bonchev–Trinajstić information content (AvgIpc) is 2.69. The molecular formula is C21H23N3O6S. The Bertz CT molecular complexity index is 1200. The molecular weight excluding hydrogens is 422 g/mol. The minimum absolute atomic E-state index is 0.0429. The monoisotopic (exact) mass is 445 g/mol. The molecule has 1 fully saturated rings. The first-order valence-corrected chi connectivity index (χ1v) is 11.4. The van der Waals surface area contributed by atoms with Crippen LogP contribution in [-0.4, -0.2) is 37.8 Å². The average molecular weight is 445 g/mol. The van der Waals surface area contributed by atoms with Crippen LogP contribution in [0.2, 0.25) is 0 Å². The molecule has 2 aliphatic rings. The smallest absolute Gasteiger partial charge is 0.293 e. The number of hydrogen-bond acceptors (Lipinski definition) is 7. The highest BCUT2D eigenvalue weighted by Gasteiger charge is 2.43. The van der Waals surface area contributed by atoms with Gasteiger partial charge in [0.05, 0.1) is 21.8 Å². The van der Waals surface area contributed by atoms with Crippen LogP contribution >= 0.6 is 0 Å². The van der Waals surface area contributed by atoms with Gasteiger partial charge in [0.15, 0.2) is 5.78 Å². The van der Waals surface area contributed by atoms with E-state index in [1.54, 1.807) is 0 Å². The van der Waals surface area contributed by atoms with Gasteiger partial charge in [-0.2, -0.15) is 0 Å². The third-order valence-corrected chi connectivity index (χ3v) is 7.10. The fraction of sp³-hybridized carbons (Fsp3) is 0.381. The van der Waals surface area contributed by atoms with E-state index in [9.17, 15) is 23.3 Å². The predicted molar refractivity (Wildman–Crippen MR) is 114 cm³/mol. The Kier molecular flexibility index (Phi) is 5.01. The van der Waals surface area contributed by atoms with E-state index in [1.165, 1.54) is 12.1 Å². The molecule has 2 aliphatic heterocycles. The van der Waals surface area contributed by atoms with Gasteiger partial charge in [-0.25, -0.2) is 13.6 Å². The number of nitro groups is 1. The summed E-state index contributed by atoms with van der Waals surface area (Å²) in [5, 5.41) is 16.7. The quantitative estimate of drug-likeness (QED) is 0.567. The highest BCUT2D eigenvalue weighted by atomic mass is 32.2. The van der Waals surface area contributed by atoms with Crippen molar-refractivity contribution in [1.29, 1.82) is 0 Å². The fourth-order valence-corrected chi connectivity index (χ4v) is 4.81. The van der Waals surface area contributed by atoms with Gasteiger partial charge in [-0.3, -0.25) is 14.9 Å². The second-order valence-electron chi connectivity index (χ2n) is 8.26. The Morgan fingerprint density at radius 1 is 1.13 bits per heavy atom. The van der Waals surface area contributed by atoms with Crippen molar-refractivity contribution in [3.8, 4) is 5.75 Å². The number of nitro benzene ring substituents is 1. The van der Waals surface area contributed by atoms with E-state index in [0.717, 1.165) is 17.2 Å². The molecule has 1 saturated heterocycles. The van der Waals surface area contributed by atoms with Crippen molar-refractivity contribution in [3.05, 3.63) is 57.1 Å². The number of primary sulfonamides is 1. The summed E-state index contributed by atoms with van der Waals surface area (Å²) in [6.07, 6.45) is 1.29. The highest BCUT2D eigenvalue weighted by molar-refractivity contribution is 7.89. The molecule has 1 spiro atoms. The van der Waals surface area contributed by atoms with Gasteiger partial charge in [0.2, 0.25) is 10.0 Å². The number of anilines is 1. The van der Waals surface area contributed by atoms with Gasteiger partial charge in [-0.05, 0) is 49.2 Å². The number of Topliss-reactive ketones (excluding diaryl/α,β-unsaturated/α-hetero) is 1. The summed E-state index contributed by atoms with van der Waals surface area (Å²) < 4.78 is 29.4. The van der Waals surface area contributed by atoms with E-state index in [4.69, 9.17) is 9.88 Å². The maximum Gasteiger partial charge on any atom is 0.293 e. The summed E-state index contributed by atoms with van der Waals surface area (Å²) in [6, 6.07) is 7.42. The Balaban J connectivity index is 1.59. The molecule has 4 rings (SSSR count). The van der Waals surface area contributed by atoms with Crippen LogP contribution in [0.5, 0.6) is 5.75 Å². The van der Waals surface area contributed by atoms with Crippen LogP contribution in [0.4, 0.5) is 11.4 Å². The van der Waals surface area contributed by atoms with E-state index in [0.29, 0.717) is 42.9 Å². The van der Waals surface area contributed by atoms with Gasteiger partial charge < -0.3 is 9.64 Å². The molecule has 0 radical (unpaired) electrons. The zero-order valence-corrected chi connectivity index (χ0v) is 18.1. The topological polar surface area (TPSA) is 133 Å². The lowest BCUT2D eigenvalue weighted by Crippen LogP contribution is -2.51. The van der Waals surface area contributed by atoms with E-state index < -0.39 is 20.5 Å². The summed E-state index contributed by atoms with van der Waals surface area (Å²) in [6.45, 7) is 4.80. The van der Waals surface area contributed by atoms with Crippen LogP contribution < -0.4 is 14.8 Å². The number of hydrogen-bond donors (Lipinski definition) is 1. The van der Waals surface area contributed by atoms with E-state index >= 15 is 0 Å². The van der Waals surface area contributed by atoms with Crippen LogP contribution in [0.3, 0.4) is 0 Å². The number of aryl methyl sites for hydroxylation is 2. The summed E-state index contributed by atoms with van der Waals surface area (Å²) >= 11 is 0. The molecule has 0 saturated carbocycles. The zero-order chi connectivity index (χ0) is 22.6. The summed E-state index contributed by atoms with van der Waals surface area (Å²) in [5.74, 6) is 0.637. The van der Waals surface area contributed by atoms with E-state index in [1.807, 2.05) is 30.9 Å². The molecule has 2 aromatic carbocycles. The van der Waals surface area contributed by atoms with Crippen molar-refractivity contribution in [2.24, 2.45) is 5.14 Å². The maximum absolute atomic E-state index is 12.8. The Labute approximate surface area is 180 Å². The maximum atomic E-state index is 12.8. The molecule has 2 heterocycles. The number of fused-ring (bicyclic) bond motifs is 1. The third-order valence-electron chi connectivity index (χ3n) is 6.19. The van der Waals surface area contributed by atoms with Gasteiger partial charge in [0.25, 0.3) is 5.69 Å². The molecule has 0 atom stereocenters. The lowest BCUT2D eigenvalue weighted by molar-refractivity contribution is -0.384. The molecule has 0 aromatic heterocycles. The van der Waals surface area contributed by atoms with Crippen LogP contribution in [0.25, 0.3) is 0 Å². The lowest BCUT2D eigenvalue weighted by Gasteiger charge is -2.44. The molecule has 2 aromatic rings. The molecule has 9 nitrogen and oxygen atoms in total. The largest absolute Gasteiger partial charge is 0.486 e. The van der Waals surface area contributed by atoms with Crippen LogP contribution in [0.15, 0.2) is 35.2 Å². The molecule has 0 bridgehead atoms. The van der Waals surface area contributed by atoms with Crippen LogP contribution in [-0.2, 0) is 10.0 Å². The normalized spacial score (nSPS) is 17.9. The number of carbonyl (C=O) groups is 1. The second kappa shape index (κ2) is 7.31. The van der Waals surface area contributed by atoms with Gasteiger partial charge in [-0.15, -0.1) is 0 Å². The van der Waals surface area contributed by atoms with Crippen molar-refractivity contribution in [2.75, 3.05) is 18.0 Å². The minimum Gasteiger partial charge on any atom is -0.486 e. The highest BCUT2D eigenvalue weighted by Crippen LogP contribution is 2.42. The number of nitrogens with zero attached hydrogens (tertiary/aromatic N) is 2. The molecule has 31 heavy (non-hydrogen) atoms. The Morgan fingerprint density at radius 2 is 1.77 bits per heavy atom. The predicted octanol–water partition coefficient (Wildman–Crippen LogP) is 2.86. The third kappa shape index (κ3) is 3.88. The minimum atomic E-state index is -4.05. The van der Waals surface area contributed by atoms with Crippen molar-refractivity contribution < 1.29 is 22.9 Å². The molecule has 0 amide bonds. The first kappa shape index (κ1) is 21.3. The number of rotatable bonds is 3. The SMILES string of the molecule is Cc1cc2c(cc1C)C(=O)CC1(CCN(c3ccc(S(N)(=O)=O)cc3[N+](=O)[O-])CC1)O2. The van der Waals surface area contributed by atoms with Crippen LogP contribution in [0.1, 0.15) is 40.7 Å². The first-order chi connectivity index (χ1) is 14.5. The number of sulfonamides is 1. The summed E-state index contributed by atoms with van der Waals surface area (Å²) in [7, 11) is -4.05. The van der Waals surface area contributed by atoms with E-state index in [2.05, 4.69) is 0 Å². The number of nitrogens with two attached hydrogens (primary N) is 1.